The van der Waals surface area contributed by atoms with Gasteiger partial charge in [0.05, 0.1) is 34.1 Å². The molecule has 1 N–H and O–H groups in total. The number of carbonyl (C=O) groups excluding carboxylic acids is 1. The molecule has 0 saturated carbocycles. The Kier molecular flexibility index (Phi) is 4.22. The number of hydrogen-bond acceptors (Lipinski definition) is 5. The third-order valence-corrected chi connectivity index (χ3v) is 6.57. The molecule has 2 aromatic heterocycles. The number of aromatic nitrogens is 1. The molecule has 0 radical (unpaired) electrons. The standard InChI is InChI=1S/C20H22BNO4S/c1-19(2)20(3,4)26-21(25-19)17-15(12-9-7-6-8-10-12)16-13(22-17)11-14(27-16)18(23)24-5/h6-11,22H,1-5H3. The summed E-state index contributed by atoms with van der Waals surface area (Å²) in [6.07, 6.45) is 0. The average Bonchev–Trinajstić information content (AvgIpc) is 3.24. The van der Waals surface area contributed by atoms with E-state index in [9.17, 15) is 4.79 Å². The number of benzene rings is 1. The van der Waals surface area contributed by atoms with Crippen molar-refractivity contribution in [1.29, 1.82) is 0 Å². The van der Waals surface area contributed by atoms with Gasteiger partial charge in [-0.3, -0.25) is 0 Å². The quantitative estimate of drug-likeness (QED) is 0.549. The monoisotopic (exact) mass is 383 g/mol. The second-order valence-electron chi connectivity index (χ2n) is 7.71. The second-order valence-corrected chi connectivity index (χ2v) is 8.77. The fourth-order valence-electron chi connectivity index (χ4n) is 3.23. The van der Waals surface area contributed by atoms with Gasteiger partial charge in [-0.1, -0.05) is 30.3 Å². The third kappa shape index (κ3) is 2.90. The third-order valence-electron chi connectivity index (χ3n) is 5.44. The van der Waals surface area contributed by atoms with Crippen LogP contribution in [0.5, 0.6) is 0 Å². The number of H-pyrrole nitrogens is 1. The molecular formula is C20H22BNO4S. The van der Waals surface area contributed by atoms with Crippen molar-refractivity contribution in [2.75, 3.05) is 7.11 Å². The topological polar surface area (TPSA) is 60.6 Å². The van der Waals surface area contributed by atoms with Crippen LogP contribution in [-0.2, 0) is 14.0 Å². The number of ether oxygens (including phenoxy) is 1. The lowest BCUT2D eigenvalue weighted by atomic mass is 9.80. The highest BCUT2D eigenvalue weighted by Crippen LogP contribution is 2.40. The number of fused-ring (bicyclic) bond motifs is 1. The van der Waals surface area contributed by atoms with Crippen LogP contribution in [-0.4, -0.2) is 36.4 Å². The Labute approximate surface area is 162 Å². The molecule has 0 amide bonds. The van der Waals surface area contributed by atoms with Crippen molar-refractivity contribution in [3.63, 3.8) is 0 Å². The Balaban J connectivity index is 1.88. The molecule has 4 rings (SSSR count). The smallest absolute Gasteiger partial charge is 0.465 e. The first kappa shape index (κ1) is 18.3. The zero-order valence-electron chi connectivity index (χ0n) is 16.1. The van der Waals surface area contributed by atoms with Gasteiger partial charge in [-0.2, -0.15) is 0 Å². The maximum Gasteiger partial charge on any atom is 0.512 e. The molecule has 0 atom stereocenters. The summed E-state index contributed by atoms with van der Waals surface area (Å²) in [6, 6.07) is 11.9. The molecule has 3 heterocycles. The van der Waals surface area contributed by atoms with Crippen molar-refractivity contribution in [3.8, 4) is 11.1 Å². The van der Waals surface area contributed by atoms with Crippen LogP contribution in [0.2, 0.25) is 0 Å². The normalized spacial score (nSPS) is 18.2. The van der Waals surface area contributed by atoms with Crippen LogP contribution >= 0.6 is 11.3 Å². The Morgan fingerprint density at radius 1 is 1.11 bits per heavy atom. The Hall–Kier alpha value is -2.09. The fourth-order valence-corrected chi connectivity index (χ4v) is 4.34. The second kappa shape index (κ2) is 6.22. The van der Waals surface area contributed by atoms with Crippen LogP contribution < -0.4 is 5.59 Å². The highest BCUT2D eigenvalue weighted by atomic mass is 32.1. The van der Waals surface area contributed by atoms with Gasteiger partial charge in [0.15, 0.2) is 0 Å². The minimum atomic E-state index is -0.508. The summed E-state index contributed by atoms with van der Waals surface area (Å²) >= 11 is 1.41. The highest BCUT2D eigenvalue weighted by molar-refractivity contribution is 7.21. The van der Waals surface area contributed by atoms with Crippen LogP contribution in [0.3, 0.4) is 0 Å². The van der Waals surface area contributed by atoms with Crippen LogP contribution in [0, 0.1) is 0 Å². The van der Waals surface area contributed by atoms with Gasteiger partial charge in [0.1, 0.15) is 4.88 Å². The molecule has 27 heavy (non-hydrogen) atoms. The minimum Gasteiger partial charge on any atom is -0.465 e. The van der Waals surface area contributed by atoms with Crippen molar-refractivity contribution in [2.45, 2.75) is 38.9 Å². The molecule has 0 aliphatic carbocycles. The number of methoxy groups -OCH3 is 1. The zero-order valence-corrected chi connectivity index (χ0v) is 16.9. The van der Waals surface area contributed by atoms with Gasteiger partial charge in [-0.25, -0.2) is 4.79 Å². The molecule has 1 aliphatic rings. The van der Waals surface area contributed by atoms with Gasteiger partial charge in [0, 0.05) is 5.56 Å². The van der Waals surface area contributed by atoms with E-state index in [-0.39, 0.29) is 5.97 Å². The SMILES string of the molecule is COC(=O)c1cc2[nH]c(B3OC(C)(C)C(C)(C)O3)c(-c3ccccc3)c2s1. The summed E-state index contributed by atoms with van der Waals surface area (Å²) < 4.78 is 18.4. The van der Waals surface area contributed by atoms with Crippen molar-refractivity contribution in [3.05, 3.63) is 41.3 Å². The van der Waals surface area contributed by atoms with E-state index in [1.807, 2.05) is 52.0 Å². The number of esters is 1. The molecule has 1 aromatic carbocycles. The number of carbonyl (C=O) groups is 1. The zero-order chi connectivity index (χ0) is 19.4. The number of nitrogens with one attached hydrogen (secondary N) is 1. The van der Waals surface area contributed by atoms with Crippen LogP contribution in [0.1, 0.15) is 37.4 Å². The van der Waals surface area contributed by atoms with Crippen LogP contribution in [0.25, 0.3) is 21.3 Å². The Morgan fingerprint density at radius 2 is 1.74 bits per heavy atom. The predicted molar refractivity (Wildman–Crippen MR) is 109 cm³/mol. The molecular weight excluding hydrogens is 361 g/mol. The van der Waals surface area contributed by atoms with Crippen molar-refractivity contribution < 1.29 is 18.8 Å². The van der Waals surface area contributed by atoms with Crippen LogP contribution in [0.15, 0.2) is 36.4 Å². The Morgan fingerprint density at radius 3 is 2.33 bits per heavy atom. The molecule has 0 bridgehead atoms. The summed E-state index contributed by atoms with van der Waals surface area (Å²) in [5.41, 5.74) is 2.94. The summed E-state index contributed by atoms with van der Waals surface area (Å²) in [4.78, 5) is 16.0. The highest BCUT2D eigenvalue weighted by Gasteiger charge is 2.53. The lowest BCUT2D eigenvalue weighted by Crippen LogP contribution is -2.41. The lowest BCUT2D eigenvalue weighted by Gasteiger charge is -2.32. The van der Waals surface area contributed by atoms with Crippen LogP contribution in [0.4, 0.5) is 0 Å². The first-order valence-corrected chi connectivity index (χ1v) is 9.70. The van der Waals surface area contributed by atoms with E-state index in [1.54, 1.807) is 0 Å². The van der Waals surface area contributed by atoms with Gasteiger partial charge in [-0.15, -0.1) is 11.3 Å². The van der Waals surface area contributed by atoms with Crippen molar-refractivity contribution in [1.82, 2.24) is 4.98 Å². The lowest BCUT2D eigenvalue weighted by molar-refractivity contribution is 0.00578. The molecule has 1 saturated heterocycles. The van der Waals surface area contributed by atoms with E-state index in [0.29, 0.717) is 4.88 Å². The molecule has 5 nitrogen and oxygen atoms in total. The van der Waals surface area contributed by atoms with Gasteiger partial charge in [-0.05, 0) is 39.3 Å². The number of hydrogen-bond donors (Lipinski definition) is 1. The summed E-state index contributed by atoms with van der Waals surface area (Å²) in [5, 5.41) is 0. The van der Waals surface area contributed by atoms with E-state index in [2.05, 4.69) is 17.1 Å². The first-order valence-electron chi connectivity index (χ1n) is 8.88. The van der Waals surface area contributed by atoms with E-state index in [4.69, 9.17) is 14.0 Å². The van der Waals surface area contributed by atoms with Gasteiger partial charge in [0.25, 0.3) is 0 Å². The molecule has 0 unspecified atom stereocenters. The minimum absolute atomic E-state index is 0.333. The number of thiophene rings is 1. The van der Waals surface area contributed by atoms with E-state index in [0.717, 1.165) is 26.9 Å². The predicted octanol–water partition coefficient (Wildman–Crippen LogP) is 3.98. The van der Waals surface area contributed by atoms with E-state index >= 15 is 0 Å². The number of rotatable bonds is 3. The fraction of sp³-hybridized carbons (Fsp3) is 0.350. The largest absolute Gasteiger partial charge is 0.512 e. The molecule has 1 aliphatic heterocycles. The maximum absolute atomic E-state index is 12.0. The van der Waals surface area contributed by atoms with Gasteiger partial charge in [0.2, 0.25) is 0 Å². The maximum atomic E-state index is 12.0. The Bertz CT molecular complexity index is 990. The van der Waals surface area contributed by atoms with Crippen molar-refractivity contribution in [2.24, 2.45) is 0 Å². The van der Waals surface area contributed by atoms with E-state index in [1.165, 1.54) is 18.4 Å². The summed E-state index contributed by atoms with van der Waals surface area (Å²) in [5.74, 6) is -0.333. The molecule has 7 heteroatoms. The number of aromatic amines is 1. The molecule has 3 aromatic rings. The molecule has 0 spiro atoms. The van der Waals surface area contributed by atoms with E-state index < -0.39 is 18.3 Å². The first-order chi connectivity index (χ1) is 12.7. The molecule has 140 valence electrons. The van der Waals surface area contributed by atoms with Gasteiger partial charge < -0.3 is 19.0 Å². The van der Waals surface area contributed by atoms with Gasteiger partial charge >= 0.3 is 13.1 Å². The van der Waals surface area contributed by atoms with Crippen molar-refractivity contribution >= 4 is 40.2 Å². The molecule has 1 fully saturated rings. The summed E-state index contributed by atoms with van der Waals surface area (Å²) in [7, 11) is 0.885. The summed E-state index contributed by atoms with van der Waals surface area (Å²) in [6.45, 7) is 8.15. The average molecular weight is 383 g/mol.